The standard InChI is InChI=1S/C16H21BrN2O/c17-15-3-1-2-13(10-15)16(20)19-9-6-14(11-19)12-4-7-18-8-5-12/h1-3,10,12,14,18H,4-9,11H2. The van der Waals surface area contributed by atoms with Crippen molar-refractivity contribution in [3.63, 3.8) is 0 Å². The van der Waals surface area contributed by atoms with Crippen LogP contribution < -0.4 is 5.32 Å². The van der Waals surface area contributed by atoms with Crippen molar-refractivity contribution >= 4 is 21.8 Å². The molecule has 2 aliphatic heterocycles. The van der Waals surface area contributed by atoms with E-state index in [9.17, 15) is 4.79 Å². The summed E-state index contributed by atoms with van der Waals surface area (Å²) in [5, 5.41) is 3.42. The van der Waals surface area contributed by atoms with E-state index in [1.807, 2.05) is 29.2 Å². The van der Waals surface area contributed by atoms with Crippen molar-refractivity contribution in [2.75, 3.05) is 26.2 Å². The summed E-state index contributed by atoms with van der Waals surface area (Å²) in [6, 6.07) is 7.71. The predicted molar refractivity (Wildman–Crippen MR) is 83.7 cm³/mol. The Morgan fingerprint density at radius 1 is 1.20 bits per heavy atom. The predicted octanol–water partition coefficient (Wildman–Crippen LogP) is 2.91. The molecule has 0 aromatic heterocycles. The van der Waals surface area contributed by atoms with Gasteiger partial charge in [-0.3, -0.25) is 4.79 Å². The first-order valence-corrected chi connectivity index (χ1v) is 8.29. The lowest BCUT2D eigenvalue weighted by Crippen LogP contribution is -2.34. The van der Waals surface area contributed by atoms with E-state index >= 15 is 0 Å². The highest BCUT2D eigenvalue weighted by Gasteiger charge is 2.32. The van der Waals surface area contributed by atoms with Crippen LogP contribution in [-0.4, -0.2) is 37.0 Å². The summed E-state index contributed by atoms with van der Waals surface area (Å²) < 4.78 is 0.970. The molecule has 1 N–H and O–H groups in total. The van der Waals surface area contributed by atoms with Crippen LogP contribution in [0.4, 0.5) is 0 Å². The second-order valence-corrected chi connectivity index (χ2v) is 6.81. The minimum absolute atomic E-state index is 0.183. The average Bonchev–Trinajstić information content (AvgIpc) is 2.97. The third-order valence-electron chi connectivity index (χ3n) is 4.63. The van der Waals surface area contributed by atoms with Gasteiger partial charge in [-0.05, 0) is 62.4 Å². The second-order valence-electron chi connectivity index (χ2n) is 5.90. The van der Waals surface area contributed by atoms with Gasteiger partial charge in [0, 0.05) is 23.1 Å². The summed E-state index contributed by atoms with van der Waals surface area (Å²) >= 11 is 3.44. The van der Waals surface area contributed by atoms with Crippen LogP contribution in [0, 0.1) is 11.8 Å². The molecule has 0 saturated carbocycles. The minimum Gasteiger partial charge on any atom is -0.338 e. The highest BCUT2D eigenvalue weighted by atomic mass is 79.9. The van der Waals surface area contributed by atoms with E-state index in [4.69, 9.17) is 0 Å². The number of halogens is 1. The van der Waals surface area contributed by atoms with Crippen molar-refractivity contribution in [2.45, 2.75) is 19.3 Å². The van der Waals surface area contributed by atoms with Crippen LogP contribution in [0.3, 0.4) is 0 Å². The Hall–Kier alpha value is -0.870. The van der Waals surface area contributed by atoms with E-state index in [1.165, 1.54) is 19.3 Å². The number of likely N-dealkylation sites (tertiary alicyclic amines) is 1. The number of carbonyl (C=O) groups is 1. The largest absolute Gasteiger partial charge is 0.338 e. The summed E-state index contributed by atoms with van der Waals surface area (Å²) in [5.41, 5.74) is 0.797. The van der Waals surface area contributed by atoms with Gasteiger partial charge in [0.25, 0.3) is 5.91 Å². The number of rotatable bonds is 2. The number of hydrogen-bond donors (Lipinski definition) is 1. The number of nitrogens with zero attached hydrogens (tertiary/aromatic N) is 1. The monoisotopic (exact) mass is 336 g/mol. The zero-order valence-electron chi connectivity index (χ0n) is 11.6. The first-order valence-electron chi connectivity index (χ1n) is 7.49. The van der Waals surface area contributed by atoms with E-state index in [1.54, 1.807) is 0 Å². The molecular formula is C16H21BrN2O. The SMILES string of the molecule is O=C(c1cccc(Br)c1)N1CCC(C2CCNCC2)C1. The van der Waals surface area contributed by atoms with E-state index in [0.717, 1.165) is 42.1 Å². The van der Waals surface area contributed by atoms with E-state index < -0.39 is 0 Å². The smallest absolute Gasteiger partial charge is 0.253 e. The Labute approximate surface area is 128 Å². The van der Waals surface area contributed by atoms with Crippen molar-refractivity contribution in [1.29, 1.82) is 0 Å². The van der Waals surface area contributed by atoms with Crippen LogP contribution in [-0.2, 0) is 0 Å². The second kappa shape index (κ2) is 6.27. The molecule has 2 fully saturated rings. The summed E-state index contributed by atoms with van der Waals surface area (Å²) in [7, 11) is 0. The van der Waals surface area contributed by atoms with Crippen LogP contribution in [0.15, 0.2) is 28.7 Å². The Balaban J connectivity index is 1.63. The van der Waals surface area contributed by atoms with E-state index in [0.29, 0.717) is 5.92 Å². The molecule has 4 heteroatoms. The molecular weight excluding hydrogens is 316 g/mol. The number of carbonyl (C=O) groups excluding carboxylic acids is 1. The Bertz CT molecular complexity index is 485. The third-order valence-corrected chi connectivity index (χ3v) is 5.13. The molecule has 2 aliphatic rings. The number of hydrogen-bond acceptors (Lipinski definition) is 2. The highest BCUT2D eigenvalue weighted by Crippen LogP contribution is 2.30. The highest BCUT2D eigenvalue weighted by molar-refractivity contribution is 9.10. The van der Waals surface area contributed by atoms with Gasteiger partial charge >= 0.3 is 0 Å². The molecule has 1 aromatic carbocycles. The van der Waals surface area contributed by atoms with Gasteiger partial charge in [-0.1, -0.05) is 22.0 Å². The lowest BCUT2D eigenvalue weighted by molar-refractivity contribution is 0.0780. The first kappa shape index (κ1) is 14.1. The molecule has 0 spiro atoms. The topological polar surface area (TPSA) is 32.3 Å². The molecule has 1 amide bonds. The van der Waals surface area contributed by atoms with Crippen molar-refractivity contribution < 1.29 is 4.79 Å². The molecule has 1 aromatic rings. The minimum atomic E-state index is 0.183. The molecule has 0 bridgehead atoms. The van der Waals surface area contributed by atoms with E-state index in [-0.39, 0.29) is 5.91 Å². The molecule has 20 heavy (non-hydrogen) atoms. The molecule has 3 nitrogen and oxygen atoms in total. The maximum absolute atomic E-state index is 12.5. The summed E-state index contributed by atoms with van der Waals surface area (Å²) in [4.78, 5) is 14.6. The number of amides is 1. The third kappa shape index (κ3) is 3.07. The van der Waals surface area contributed by atoms with Gasteiger partial charge in [0.15, 0.2) is 0 Å². The Morgan fingerprint density at radius 3 is 2.75 bits per heavy atom. The average molecular weight is 337 g/mol. The molecule has 108 valence electrons. The molecule has 0 aliphatic carbocycles. The lowest BCUT2D eigenvalue weighted by atomic mass is 9.84. The lowest BCUT2D eigenvalue weighted by Gasteiger charge is -2.28. The number of piperidine rings is 1. The van der Waals surface area contributed by atoms with Crippen LogP contribution in [0.2, 0.25) is 0 Å². The summed E-state index contributed by atoms with van der Waals surface area (Å²) in [6.45, 7) is 4.14. The van der Waals surface area contributed by atoms with Gasteiger partial charge in [-0.25, -0.2) is 0 Å². The fourth-order valence-electron chi connectivity index (χ4n) is 3.48. The number of nitrogens with one attached hydrogen (secondary N) is 1. The quantitative estimate of drug-likeness (QED) is 0.900. The maximum Gasteiger partial charge on any atom is 0.253 e. The zero-order chi connectivity index (χ0) is 13.9. The van der Waals surface area contributed by atoms with Crippen molar-refractivity contribution in [3.8, 4) is 0 Å². The van der Waals surface area contributed by atoms with Gasteiger partial charge in [-0.15, -0.1) is 0 Å². The van der Waals surface area contributed by atoms with Gasteiger partial charge in [0.2, 0.25) is 0 Å². The molecule has 3 rings (SSSR count). The Morgan fingerprint density at radius 2 is 2.00 bits per heavy atom. The molecule has 1 atom stereocenters. The molecule has 2 saturated heterocycles. The van der Waals surface area contributed by atoms with Crippen molar-refractivity contribution in [1.82, 2.24) is 10.2 Å². The molecule has 2 heterocycles. The fraction of sp³-hybridized carbons (Fsp3) is 0.562. The van der Waals surface area contributed by atoms with Gasteiger partial charge in [0.1, 0.15) is 0 Å². The Kier molecular flexibility index (Phi) is 4.41. The van der Waals surface area contributed by atoms with Crippen molar-refractivity contribution in [3.05, 3.63) is 34.3 Å². The van der Waals surface area contributed by atoms with Gasteiger partial charge < -0.3 is 10.2 Å². The normalized spacial score (nSPS) is 24.1. The zero-order valence-corrected chi connectivity index (χ0v) is 13.2. The van der Waals surface area contributed by atoms with Crippen LogP contribution >= 0.6 is 15.9 Å². The van der Waals surface area contributed by atoms with Crippen LogP contribution in [0.5, 0.6) is 0 Å². The van der Waals surface area contributed by atoms with Crippen LogP contribution in [0.25, 0.3) is 0 Å². The van der Waals surface area contributed by atoms with Gasteiger partial charge in [-0.2, -0.15) is 0 Å². The maximum atomic E-state index is 12.5. The first-order chi connectivity index (χ1) is 9.74. The van der Waals surface area contributed by atoms with E-state index in [2.05, 4.69) is 21.2 Å². The van der Waals surface area contributed by atoms with Crippen LogP contribution in [0.1, 0.15) is 29.6 Å². The number of benzene rings is 1. The molecule has 0 radical (unpaired) electrons. The molecule has 1 unspecified atom stereocenters. The fourth-order valence-corrected chi connectivity index (χ4v) is 3.88. The summed E-state index contributed by atoms with van der Waals surface area (Å²) in [6.07, 6.45) is 3.71. The van der Waals surface area contributed by atoms with Gasteiger partial charge in [0.05, 0.1) is 0 Å². The summed E-state index contributed by atoms with van der Waals surface area (Å²) in [5.74, 6) is 1.69. The van der Waals surface area contributed by atoms with Crippen molar-refractivity contribution in [2.24, 2.45) is 11.8 Å².